The summed E-state index contributed by atoms with van der Waals surface area (Å²) >= 11 is 15.4. The Kier molecular flexibility index (Phi) is 6.11. The minimum atomic E-state index is 0.0501. The smallest absolute Gasteiger partial charge is 0.182 e. The van der Waals surface area contributed by atoms with Crippen LogP contribution < -0.4 is 0 Å². The van der Waals surface area contributed by atoms with Gasteiger partial charge in [0.2, 0.25) is 0 Å². The maximum atomic E-state index is 5.98. The predicted molar refractivity (Wildman–Crippen MR) is 123 cm³/mol. The first-order chi connectivity index (χ1) is 13.5. The van der Waals surface area contributed by atoms with Crippen LogP contribution >= 0.6 is 46.7 Å². The fraction of sp³-hybridized carbons (Fsp3) is 0.300. The second kappa shape index (κ2) is 8.57. The van der Waals surface area contributed by atoms with Gasteiger partial charge in [0, 0.05) is 21.6 Å². The Morgan fingerprint density at radius 3 is 1.43 bits per heavy atom. The molecule has 2 aliphatic rings. The van der Waals surface area contributed by atoms with Crippen LogP contribution in [-0.4, -0.2) is 32.7 Å². The van der Waals surface area contributed by atoms with Crippen molar-refractivity contribution in [2.24, 2.45) is 9.98 Å². The number of hydrogen-bond donors (Lipinski definition) is 0. The third-order valence-corrected chi connectivity index (χ3v) is 7.05. The molecule has 0 aliphatic carbocycles. The molecule has 2 atom stereocenters. The van der Waals surface area contributed by atoms with Gasteiger partial charge in [-0.05, 0) is 49.2 Å². The number of halogens is 2. The number of nitrogens with zero attached hydrogens (tertiary/aromatic N) is 4. The number of aliphatic imine (C=N–C) groups is 2. The van der Waals surface area contributed by atoms with Gasteiger partial charge < -0.3 is 0 Å². The zero-order chi connectivity index (χ0) is 19.7. The van der Waals surface area contributed by atoms with Gasteiger partial charge in [0.25, 0.3) is 0 Å². The van der Waals surface area contributed by atoms with Crippen molar-refractivity contribution in [1.82, 2.24) is 10.0 Å². The lowest BCUT2D eigenvalue weighted by Crippen LogP contribution is -2.44. The van der Waals surface area contributed by atoms with Crippen LogP contribution in [0.2, 0.25) is 10.0 Å². The van der Waals surface area contributed by atoms with Crippen molar-refractivity contribution in [2.75, 3.05) is 0 Å². The van der Waals surface area contributed by atoms with Gasteiger partial charge in [-0.25, -0.2) is 20.0 Å². The zero-order valence-corrected chi connectivity index (χ0v) is 18.7. The van der Waals surface area contributed by atoms with Gasteiger partial charge in [-0.3, -0.25) is 0 Å². The fourth-order valence-electron chi connectivity index (χ4n) is 3.08. The normalized spacial score (nSPS) is 21.0. The standard InChI is InChI=1S/C20H20Cl2N4S2/c1-13-23-19(27-11-15-3-7-17(21)8-4-15)26-14(2)24-20(25(13)26)28-12-16-5-9-18(22)10-6-16/h3-10,13-14H,11-12H2,1-2H3/t13-,14+. The topological polar surface area (TPSA) is 31.2 Å². The summed E-state index contributed by atoms with van der Waals surface area (Å²) in [4.78, 5) is 9.73. The van der Waals surface area contributed by atoms with E-state index >= 15 is 0 Å². The van der Waals surface area contributed by atoms with Gasteiger partial charge in [-0.15, -0.1) is 0 Å². The highest BCUT2D eigenvalue weighted by atomic mass is 35.5. The van der Waals surface area contributed by atoms with Gasteiger partial charge in [0.05, 0.1) is 0 Å². The van der Waals surface area contributed by atoms with Gasteiger partial charge >= 0.3 is 0 Å². The van der Waals surface area contributed by atoms with E-state index in [4.69, 9.17) is 33.2 Å². The lowest BCUT2D eigenvalue weighted by Gasteiger charge is -2.29. The molecule has 0 bridgehead atoms. The molecule has 2 aromatic carbocycles. The van der Waals surface area contributed by atoms with E-state index < -0.39 is 0 Å². The number of amidine groups is 2. The van der Waals surface area contributed by atoms with Crippen LogP contribution in [-0.2, 0) is 11.5 Å². The molecule has 2 aromatic rings. The summed E-state index contributed by atoms with van der Waals surface area (Å²) in [7, 11) is 0. The van der Waals surface area contributed by atoms with Crippen molar-refractivity contribution in [2.45, 2.75) is 37.7 Å². The van der Waals surface area contributed by atoms with Crippen molar-refractivity contribution in [1.29, 1.82) is 0 Å². The lowest BCUT2D eigenvalue weighted by atomic mass is 10.2. The molecule has 146 valence electrons. The number of hydrogen-bond acceptors (Lipinski definition) is 6. The molecule has 0 amide bonds. The molecule has 8 heteroatoms. The molecular formula is C20H20Cl2N4S2. The maximum Gasteiger partial charge on any atom is 0.182 e. The third kappa shape index (κ3) is 4.30. The van der Waals surface area contributed by atoms with Crippen LogP contribution in [0.1, 0.15) is 25.0 Å². The van der Waals surface area contributed by atoms with E-state index in [0.29, 0.717) is 0 Å². The van der Waals surface area contributed by atoms with E-state index in [1.165, 1.54) is 11.1 Å². The van der Waals surface area contributed by atoms with Crippen molar-refractivity contribution in [3.8, 4) is 0 Å². The van der Waals surface area contributed by atoms with Gasteiger partial charge in [-0.1, -0.05) is 71.0 Å². The molecular weight excluding hydrogens is 431 g/mol. The van der Waals surface area contributed by atoms with Crippen molar-refractivity contribution < 1.29 is 0 Å². The summed E-state index contributed by atoms with van der Waals surface area (Å²) in [5.74, 6) is 1.71. The van der Waals surface area contributed by atoms with E-state index in [2.05, 4.69) is 48.1 Å². The Morgan fingerprint density at radius 2 is 1.07 bits per heavy atom. The van der Waals surface area contributed by atoms with Crippen LogP contribution in [0.4, 0.5) is 0 Å². The first-order valence-corrected chi connectivity index (χ1v) is 11.7. The Balaban J connectivity index is 1.39. The fourth-order valence-corrected chi connectivity index (χ4v) is 5.50. The molecule has 0 N–H and O–H groups in total. The Labute approximate surface area is 184 Å². The molecule has 2 heterocycles. The average Bonchev–Trinajstić information content (AvgIpc) is 3.19. The number of hydrazine groups is 1. The maximum absolute atomic E-state index is 5.98. The van der Waals surface area contributed by atoms with E-state index in [9.17, 15) is 0 Å². The van der Waals surface area contributed by atoms with Crippen molar-refractivity contribution in [3.63, 3.8) is 0 Å². The second-order valence-electron chi connectivity index (χ2n) is 6.61. The molecule has 0 aromatic heterocycles. The molecule has 0 saturated carbocycles. The summed E-state index contributed by atoms with van der Waals surface area (Å²) < 4.78 is 0. The first-order valence-electron chi connectivity index (χ1n) is 9.00. The van der Waals surface area contributed by atoms with Gasteiger partial charge in [-0.2, -0.15) is 0 Å². The SMILES string of the molecule is C[C@@H]1N=C(SCc2ccc(Cl)cc2)N2[C@@H](C)N=C(SCc3ccc(Cl)cc3)N12. The molecule has 0 spiro atoms. The van der Waals surface area contributed by atoms with Crippen LogP contribution in [0.15, 0.2) is 58.5 Å². The molecule has 2 aliphatic heterocycles. The van der Waals surface area contributed by atoms with Gasteiger partial charge in [0.15, 0.2) is 10.3 Å². The molecule has 0 radical (unpaired) electrons. The second-order valence-corrected chi connectivity index (χ2v) is 9.36. The summed E-state index contributed by atoms with van der Waals surface area (Å²) in [6.07, 6.45) is 0.100. The Bertz CT molecular complexity index is 824. The minimum Gasteiger partial charge on any atom is -0.234 e. The number of fused-ring (bicyclic) bond motifs is 1. The first kappa shape index (κ1) is 20.0. The van der Waals surface area contributed by atoms with E-state index in [0.717, 1.165) is 31.9 Å². The highest BCUT2D eigenvalue weighted by Gasteiger charge is 2.41. The molecule has 4 rings (SSSR count). The Morgan fingerprint density at radius 1 is 0.714 bits per heavy atom. The van der Waals surface area contributed by atoms with Gasteiger partial charge in [0.1, 0.15) is 12.3 Å². The largest absolute Gasteiger partial charge is 0.234 e. The number of thioether (sulfide) groups is 2. The van der Waals surface area contributed by atoms with Crippen LogP contribution in [0.3, 0.4) is 0 Å². The van der Waals surface area contributed by atoms with Crippen molar-refractivity contribution >= 4 is 57.1 Å². The average molecular weight is 451 g/mol. The summed E-state index contributed by atoms with van der Waals surface area (Å²) in [6, 6.07) is 15.9. The number of rotatable bonds is 4. The van der Waals surface area contributed by atoms with E-state index in [-0.39, 0.29) is 12.3 Å². The molecule has 0 saturated heterocycles. The zero-order valence-electron chi connectivity index (χ0n) is 15.5. The van der Waals surface area contributed by atoms with Crippen LogP contribution in [0.25, 0.3) is 0 Å². The monoisotopic (exact) mass is 450 g/mol. The third-order valence-electron chi connectivity index (χ3n) is 4.49. The van der Waals surface area contributed by atoms with Crippen LogP contribution in [0.5, 0.6) is 0 Å². The highest BCUT2D eigenvalue weighted by molar-refractivity contribution is 8.13. The minimum absolute atomic E-state index is 0.0501. The number of benzene rings is 2. The molecule has 0 unspecified atom stereocenters. The highest BCUT2D eigenvalue weighted by Crippen LogP contribution is 2.35. The van der Waals surface area contributed by atoms with E-state index in [1.54, 1.807) is 23.5 Å². The molecule has 28 heavy (non-hydrogen) atoms. The summed E-state index contributed by atoms with van der Waals surface area (Å²) in [6.45, 7) is 4.22. The quantitative estimate of drug-likeness (QED) is 0.561. The summed E-state index contributed by atoms with van der Waals surface area (Å²) in [5, 5.41) is 7.96. The molecule has 0 fully saturated rings. The molecule has 4 nitrogen and oxygen atoms in total. The van der Waals surface area contributed by atoms with Crippen molar-refractivity contribution in [3.05, 3.63) is 69.7 Å². The lowest BCUT2D eigenvalue weighted by molar-refractivity contribution is 0.119. The Hall–Kier alpha value is -1.34. The van der Waals surface area contributed by atoms with Crippen LogP contribution in [0, 0.1) is 0 Å². The summed E-state index contributed by atoms with van der Waals surface area (Å²) in [5.41, 5.74) is 2.46. The van der Waals surface area contributed by atoms with E-state index in [1.807, 2.05) is 24.3 Å². The predicted octanol–water partition coefficient (Wildman–Crippen LogP) is 6.11.